The van der Waals surface area contributed by atoms with Crippen LogP contribution in [0.25, 0.3) is 10.9 Å². The van der Waals surface area contributed by atoms with E-state index >= 15 is 0 Å². The minimum Gasteiger partial charge on any atom is -0.261 e. The quantitative estimate of drug-likeness (QED) is 0.581. The summed E-state index contributed by atoms with van der Waals surface area (Å²) in [6.07, 6.45) is 1.68. The summed E-state index contributed by atoms with van der Waals surface area (Å²) in [6.45, 7) is 1.95. The zero-order valence-corrected chi connectivity index (χ0v) is 11.1. The van der Waals surface area contributed by atoms with Gasteiger partial charge in [-0.15, -0.1) is 0 Å². The fraction of sp³-hybridized carbons (Fsp3) is 0.0625. The normalized spacial score (nSPS) is 11.1. The summed E-state index contributed by atoms with van der Waals surface area (Å²) in [4.78, 5) is 8.82. The van der Waals surface area contributed by atoms with Crippen molar-refractivity contribution in [1.82, 2.24) is 9.97 Å². The molecule has 0 saturated heterocycles. The first-order valence-corrected chi connectivity index (χ1v) is 6.40. The number of hydrogen-bond donors (Lipinski definition) is 1. The van der Waals surface area contributed by atoms with Gasteiger partial charge in [0.05, 0.1) is 17.4 Å². The largest absolute Gasteiger partial charge is 0.261 e. The Morgan fingerprint density at radius 1 is 0.950 bits per heavy atom. The van der Waals surface area contributed by atoms with Crippen LogP contribution >= 0.6 is 0 Å². The topological polar surface area (TPSA) is 50.2 Å². The van der Waals surface area contributed by atoms with Crippen LogP contribution in [-0.4, -0.2) is 16.2 Å². The summed E-state index contributed by atoms with van der Waals surface area (Å²) in [5, 5.41) is 5.27. The van der Waals surface area contributed by atoms with Crippen molar-refractivity contribution in [2.45, 2.75) is 6.92 Å². The molecule has 2 heterocycles. The smallest absolute Gasteiger partial charge is 0.146 e. The summed E-state index contributed by atoms with van der Waals surface area (Å²) in [6, 6.07) is 17.7. The molecule has 20 heavy (non-hydrogen) atoms. The standard InChI is InChI=1S/C16H14N4/c1-12-5-4-7-14(18-12)11-17-20-16-10-9-13-6-2-3-8-15(13)19-16/h2-11H,1H3,(H,19,20). The fourth-order valence-corrected chi connectivity index (χ4v) is 1.93. The SMILES string of the molecule is Cc1cccc(C=NNc2ccc3ccccc3n2)n1. The van der Waals surface area contributed by atoms with Gasteiger partial charge in [-0.25, -0.2) is 4.98 Å². The molecule has 0 saturated carbocycles. The van der Waals surface area contributed by atoms with Gasteiger partial charge in [-0.3, -0.25) is 10.4 Å². The number of pyridine rings is 2. The third-order valence-electron chi connectivity index (χ3n) is 2.88. The van der Waals surface area contributed by atoms with Crippen LogP contribution in [0.15, 0.2) is 59.7 Å². The van der Waals surface area contributed by atoms with Crippen molar-refractivity contribution < 1.29 is 0 Å². The highest BCUT2D eigenvalue weighted by molar-refractivity contribution is 5.80. The number of aryl methyl sites for hydroxylation is 1. The van der Waals surface area contributed by atoms with Gasteiger partial charge in [-0.05, 0) is 37.3 Å². The van der Waals surface area contributed by atoms with E-state index < -0.39 is 0 Å². The van der Waals surface area contributed by atoms with E-state index in [4.69, 9.17) is 0 Å². The number of hydrazone groups is 1. The first-order chi connectivity index (χ1) is 9.81. The molecule has 0 radical (unpaired) electrons. The first kappa shape index (κ1) is 12.3. The highest BCUT2D eigenvalue weighted by atomic mass is 15.3. The number of aromatic nitrogens is 2. The van der Waals surface area contributed by atoms with E-state index in [0.717, 1.165) is 22.3 Å². The molecule has 0 bridgehead atoms. The lowest BCUT2D eigenvalue weighted by Gasteiger charge is -2.01. The predicted octanol–water partition coefficient (Wildman–Crippen LogP) is 3.38. The fourth-order valence-electron chi connectivity index (χ4n) is 1.93. The average Bonchev–Trinajstić information content (AvgIpc) is 2.47. The molecule has 0 unspecified atom stereocenters. The summed E-state index contributed by atoms with van der Waals surface area (Å²) in [5.74, 6) is 0.715. The third-order valence-corrected chi connectivity index (χ3v) is 2.88. The van der Waals surface area contributed by atoms with Crippen LogP contribution in [0, 0.1) is 6.92 Å². The lowest BCUT2D eigenvalue weighted by atomic mass is 10.2. The van der Waals surface area contributed by atoms with Gasteiger partial charge in [0.15, 0.2) is 0 Å². The molecule has 0 atom stereocenters. The van der Waals surface area contributed by atoms with Crippen molar-refractivity contribution >= 4 is 22.9 Å². The second kappa shape index (κ2) is 5.48. The second-order valence-electron chi connectivity index (χ2n) is 4.46. The van der Waals surface area contributed by atoms with Crippen molar-refractivity contribution in [2.24, 2.45) is 5.10 Å². The van der Waals surface area contributed by atoms with Crippen molar-refractivity contribution in [1.29, 1.82) is 0 Å². The number of anilines is 1. The molecule has 0 fully saturated rings. The molecule has 1 aromatic carbocycles. The highest BCUT2D eigenvalue weighted by Crippen LogP contribution is 2.14. The van der Waals surface area contributed by atoms with Gasteiger partial charge in [0.25, 0.3) is 0 Å². The van der Waals surface area contributed by atoms with Crippen molar-refractivity contribution in [2.75, 3.05) is 5.43 Å². The van der Waals surface area contributed by atoms with Crippen LogP contribution in [0.5, 0.6) is 0 Å². The van der Waals surface area contributed by atoms with Crippen LogP contribution in [-0.2, 0) is 0 Å². The molecular formula is C16H14N4. The Hall–Kier alpha value is -2.75. The Kier molecular flexibility index (Phi) is 3.37. The summed E-state index contributed by atoms with van der Waals surface area (Å²) in [7, 11) is 0. The van der Waals surface area contributed by atoms with Gasteiger partial charge in [0.1, 0.15) is 5.82 Å². The first-order valence-electron chi connectivity index (χ1n) is 6.40. The van der Waals surface area contributed by atoms with Crippen LogP contribution in [0.3, 0.4) is 0 Å². The van der Waals surface area contributed by atoms with Crippen molar-refractivity contribution in [3.8, 4) is 0 Å². The highest BCUT2D eigenvalue weighted by Gasteiger charge is 1.96. The van der Waals surface area contributed by atoms with E-state index in [-0.39, 0.29) is 0 Å². The molecule has 98 valence electrons. The zero-order valence-electron chi connectivity index (χ0n) is 11.1. The second-order valence-corrected chi connectivity index (χ2v) is 4.46. The van der Waals surface area contributed by atoms with Crippen LogP contribution in [0.2, 0.25) is 0 Å². The van der Waals surface area contributed by atoms with E-state index in [1.807, 2.05) is 61.5 Å². The van der Waals surface area contributed by atoms with Gasteiger partial charge in [0.2, 0.25) is 0 Å². The number of nitrogens with zero attached hydrogens (tertiary/aromatic N) is 3. The third kappa shape index (κ3) is 2.80. The molecule has 2 aromatic heterocycles. The maximum Gasteiger partial charge on any atom is 0.146 e. The molecule has 1 N–H and O–H groups in total. The molecule has 4 heteroatoms. The maximum atomic E-state index is 4.48. The Bertz CT molecular complexity index is 765. The van der Waals surface area contributed by atoms with Crippen molar-refractivity contribution in [3.63, 3.8) is 0 Å². The van der Waals surface area contributed by atoms with Crippen LogP contribution in [0.1, 0.15) is 11.4 Å². The van der Waals surface area contributed by atoms with E-state index in [1.54, 1.807) is 6.21 Å². The Labute approximate surface area is 117 Å². The molecule has 3 aromatic rings. The Morgan fingerprint density at radius 3 is 2.75 bits per heavy atom. The number of para-hydroxylation sites is 1. The van der Waals surface area contributed by atoms with Gasteiger partial charge in [-0.1, -0.05) is 24.3 Å². The minimum absolute atomic E-state index is 0.715. The van der Waals surface area contributed by atoms with E-state index in [2.05, 4.69) is 20.5 Å². The molecule has 0 spiro atoms. The number of nitrogens with one attached hydrogen (secondary N) is 1. The molecular weight excluding hydrogens is 248 g/mol. The van der Waals surface area contributed by atoms with Crippen LogP contribution < -0.4 is 5.43 Å². The lowest BCUT2D eigenvalue weighted by molar-refractivity contribution is 1.18. The van der Waals surface area contributed by atoms with E-state index in [1.165, 1.54) is 0 Å². The number of benzene rings is 1. The summed E-state index contributed by atoms with van der Waals surface area (Å²) < 4.78 is 0. The number of rotatable bonds is 3. The number of hydrogen-bond acceptors (Lipinski definition) is 4. The molecule has 0 amide bonds. The predicted molar refractivity (Wildman–Crippen MR) is 81.9 cm³/mol. The summed E-state index contributed by atoms with van der Waals surface area (Å²) in [5.41, 5.74) is 5.66. The molecule has 3 rings (SSSR count). The average molecular weight is 262 g/mol. The van der Waals surface area contributed by atoms with Crippen molar-refractivity contribution in [3.05, 3.63) is 66.0 Å². The molecule has 0 aliphatic rings. The minimum atomic E-state index is 0.715. The Balaban J connectivity index is 1.76. The van der Waals surface area contributed by atoms with Gasteiger partial charge >= 0.3 is 0 Å². The molecule has 0 aliphatic carbocycles. The maximum absolute atomic E-state index is 4.48. The zero-order chi connectivity index (χ0) is 13.8. The number of fused-ring (bicyclic) bond motifs is 1. The lowest BCUT2D eigenvalue weighted by Crippen LogP contribution is -1.95. The van der Waals surface area contributed by atoms with E-state index in [0.29, 0.717) is 5.82 Å². The monoisotopic (exact) mass is 262 g/mol. The molecule has 0 aliphatic heterocycles. The molecule has 4 nitrogen and oxygen atoms in total. The van der Waals surface area contributed by atoms with Gasteiger partial charge < -0.3 is 0 Å². The Morgan fingerprint density at radius 2 is 1.85 bits per heavy atom. The van der Waals surface area contributed by atoms with Gasteiger partial charge in [0, 0.05) is 11.1 Å². The van der Waals surface area contributed by atoms with Gasteiger partial charge in [-0.2, -0.15) is 5.10 Å². The van der Waals surface area contributed by atoms with Crippen LogP contribution in [0.4, 0.5) is 5.82 Å². The summed E-state index contributed by atoms with van der Waals surface area (Å²) >= 11 is 0. The van der Waals surface area contributed by atoms with E-state index in [9.17, 15) is 0 Å².